The standard InChI is InChI=1S/C10H9BrO2.C6H7BO3/c1-13-10(12)6-5-8-3-2-4-9(11)7-8;8-7(9)10-6-4-2-1-3-5-6/h2-7H,1H3;1-5,8-9H. The number of para-hydroxylation sites is 1. The fourth-order valence-electron chi connectivity index (χ4n) is 1.46. The molecule has 7 heteroatoms. The van der Waals surface area contributed by atoms with E-state index in [1.165, 1.54) is 13.2 Å². The van der Waals surface area contributed by atoms with Crippen LogP contribution in [0.4, 0.5) is 0 Å². The van der Waals surface area contributed by atoms with E-state index in [0.29, 0.717) is 5.75 Å². The van der Waals surface area contributed by atoms with Crippen LogP contribution in [0.5, 0.6) is 5.75 Å². The normalized spacial score (nSPS) is 9.74. The lowest BCUT2D eigenvalue weighted by Gasteiger charge is -2.01. The van der Waals surface area contributed by atoms with Crippen molar-refractivity contribution >= 4 is 35.3 Å². The number of hydrogen-bond donors (Lipinski definition) is 2. The molecule has 0 atom stereocenters. The average molecular weight is 379 g/mol. The van der Waals surface area contributed by atoms with E-state index in [2.05, 4.69) is 25.3 Å². The Morgan fingerprint density at radius 3 is 2.39 bits per heavy atom. The number of methoxy groups -OCH3 is 1. The van der Waals surface area contributed by atoms with Gasteiger partial charge in [-0.15, -0.1) is 0 Å². The first kappa shape index (κ1) is 19.0. The van der Waals surface area contributed by atoms with Crippen LogP contribution in [0, 0.1) is 0 Å². The van der Waals surface area contributed by atoms with Crippen molar-refractivity contribution in [2.75, 3.05) is 7.11 Å². The third-order valence-electron chi connectivity index (χ3n) is 2.45. The molecule has 0 bridgehead atoms. The van der Waals surface area contributed by atoms with Crippen LogP contribution in [0.2, 0.25) is 0 Å². The zero-order valence-electron chi connectivity index (χ0n) is 12.4. The highest BCUT2D eigenvalue weighted by Crippen LogP contribution is 2.12. The Bertz CT molecular complexity index is 631. The molecule has 0 aromatic heterocycles. The number of hydrogen-bond acceptors (Lipinski definition) is 5. The van der Waals surface area contributed by atoms with Crippen LogP contribution in [0.25, 0.3) is 6.08 Å². The molecule has 23 heavy (non-hydrogen) atoms. The molecule has 5 nitrogen and oxygen atoms in total. The molecule has 0 aliphatic rings. The SMILES string of the molecule is COC(=O)C=Cc1cccc(Br)c1.OB(O)Oc1ccccc1. The van der Waals surface area contributed by atoms with Gasteiger partial charge in [-0.1, -0.05) is 46.3 Å². The summed E-state index contributed by atoms with van der Waals surface area (Å²) in [6.07, 6.45) is 3.10. The van der Waals surface area contributed by atoms with Crippen molar-refractivity contribution in [2.24, 2.45) is 0 Å². The fraction of sp³-hybridized carbons (Fsp3) is 0.0625. The van der Waals surface area contributed by atoms with E-state index in [1.807, 2.05) is 30.3 Å². The molecule has 0 saturated carbocycles. The largest absolute Gasteiger partial charge is 0.707 e. The maximum atomic E-state index is 10.7. The first-order valence-electron chi connectivity index (χ1n) is 6.60. The molecule has 0 spiro atoms. The van der Waals surface area contributed by atoms with Gasteiger partial charge in [0, 0.05) is 10.5 Å². The van der Waals surface area contributed by atoms with E-state index in [9.17, 15) is 4.79 Å². The maximum Gasteiger partial charge on any atom is 0.707 e. The van der Waals surface area contributed by atoms with E-state index in [0.717, 1.165) is 10.0 Å². The molecule has 0 amide bonds. The smallest absolute Gasteiger partial charge is 0.512 e. The summed E-state index contributed by atoms with van der Waals surface area (Å²) < 4.78 is 9.98. The summed E-state index contributed by atoms with van der Waals surface area (Å²) in [5.41, 5.74) is 0.958. The number of halogens is 1. The Morgan fingerprint density at radius 2 is 1.83 bits per heavy atom. The highest BCUT2D eigenvalue weighted by atomic mass is 79.9. The lowest BCUT2D eigenvalue weighted by atomic mass is 10.2. The number of ether oxygens (including phenoxy) is 1. The quantitative estimate of drug-likeness (QED) is 0.486. The summed E-state index contributed by atoms with van der Waals surface area (Å²) >= 11 is 3.34. The summed E-state index contributed by atoms with van der Waals surface area (Å²) in [6, 6.07) is 16.2. The van der Waals surface area contributed by atoms with Gasteiger partial charge in [0.2, 0.25) is 0 Å². The van der Waals surface area contributed by atoms with Gasteiger partial charge in [0.15, 0.2) is 0 Å². The van der Waals surface area contributed by atoms with Crippen LogP contribution in [0.1, 0.15) is 5.56 Å². The molecule has 0 aliphatic heterocycles. The molecule has 0 heterocycles. The van der Waals surface area contributed by atoms with Crippen molar-refractivity contribution in [1.29, 1.82) is 0 Å². The number of carbonyl (C=O) groups is 1. The van der Waals surface area contributed by atoms with Crippen molar-refractivity contribution in [3.8, 4) is 5.75 Å². The minimum atomic E-state index is -1.73. The lowest BCUT2D eigenvalue weighted by molar-refractivity contribution is -0.134. The van der Waals surface area contributed by atoms with Gasteiger partial charge in [-0.3, -0.25) is 0 Å². The van der Waals surface area contributed by atoms with E-state index >= 15 is 0 Å². The Balaban J connectivity index is 0.000000238. The van der Waals surface area contributed by atoms with Crippen molar-refractivity contribution in [3.63, 3.8) is 0 Å². The van der Waals surface area contributed by atoms with E-state index in [1.54, 1.807) is 30.3 Å². The second-order valence-electron chi connectivity index (χ2n) is 4.17. The molecule has 2 aromatic carbocycles. The molecule has 0 aliphatic carbocycles. The van der Waals surface area contributed by atoms with Gasteiger partial charge in [0.25, 0.3) is 0 Å². The Labute approximate surface area is 143 Å². The van der Waals surface area contributed by atoms with Crippen molar-refractivity contribution < 1.29 is 24.2 Å². The summed E-state index contributed by atoms with van der Waals surface area (Å²) in [7, 11) is -0.379. The third-order valence-corrected chi connectivity index (χ3v) is 2.94. The second-order valence-corrected chi connectivity index (χ2v) is 5.08. The van der Waals surface area contributed by atoms with Crippen molar-refractivity contribution in [1.82, 2.24) is 0 Å². The van der Waals surface area contributed by atoms with Crippen LogP contribution < -0.4 is 4.65 Å². The highest BCUT2D eigenvalue weighted by molar-refractivity contribution is 9.10. The van der Waals surface area contributed by atoms with Gasteiger partial charge in [0.05, 0.1) is 7.11 Å². The lowest BCUT2D eigenvalue weighted by Crippen LogP contribution is -2.20. The molecule has 2 N–H and O–H groups in total. The monoisotopic (exact) mass is 378 g/mol. The first-order chi connectivity index (χ1) is 11.0. The first-order valence-corrected chi connectivity index (χ1v) is 7.40. The Morgan fingerprint density at radius 1 is 1.13 bits per heavy atom. The van der Waals surface area contributed by atoms with Crippen LogP contribution >= 0.6 is 15.9 Å². The van der Waals surface area contributed by atoms with Gasteiger partial charge < -0.3 is 19.4 Å². The molecule has 2 rings (SSSR count). The molecule has 0 radical (unpaired) electrons. The molecule has 120 valence electrons. The van der Waals surface area contributed by atoms with Gasteiger partial charge in [-0.2, -0.15) is 0 Å². The Hall–Kier alpha value is -2.09. The topological polar surface area (TPSA) is 76.0 Å². The second kappa shape index (κ2) is 10.6. The van der Waals surface area contributed by atoms with Gasteiger partial charge in [-0.05, 0) is 35.9 Å². The predicted molar refractivity (Wildman–Crippen MR) is 92.5 cm³/mol. The molecule has 2 aromatic rings. The number of carbonyl (C=O) groups excluding carboxylic acids is 1. The molecule has 0 unspecified atom stereocenters. The highest BCUT2D eigenvalue weighted by Gasteiger charge is 2.09. The van der Waals surface area contributed by atoms with Crippen molar-refractivity contribution in [3.05, 3.63) is 70.7 Å². The minimum Gasteiger partial charge on any atom is -0.512 e. The number of rotatable bonds is 4. The van der Waals surface area contributed by atoms with Crippen LogP contribution in [0.15, 0.2) is 65.1 Å². The average Bonchev–Trinajstić information content (AvgIpc) is 2.53. The van der Waals surface area contributed by atoms with E-state index in [-0.39, 0.29) is 5.97 Å². The summed E-state index contributed by atoms with van der Waals surface area (Å²) in [5, 5.41) is 16.7. The van der Waals surface area contributed by atoms with Crippen molar-refractivity contribution in [2.45, 2.75) is 0 Å². The fourth-order valence-corrected chi connectivity index (χ4v) is 1.88. The van der Waals surface area contributed by atoms with Crippen LogP contribution in [0.3, 0.4) is 0 Å². The summed E-state index contributed by atoms with van der Waals surface area (Å²) in [5.74, 6) is 0.0949. The zero-order chi connectivity index (χ0) is 17.1. The summed E-state index contributed by atoms with van der Waals surface area (Å²) in [4.78, 5) is 10.7. The summed E-state index contributed by atoms with van der Waals surface area (Å²) in [6.45, 7) is 0. The number of benzene rings is 2. The predicted octanol–water partition coefficient (Wildman–Crippen LogP) is 2.67. The van der Waals surface area contributed by atoms with Crippen LogP contribution in [-0.4, -0.2) is 30.4 Å². The van der Waals surface area contributed by atoms with E-state index < -0.39 is 7.32 Å². The Kier molecular flexibility index (Phi) is 8.75. The van der Waals surface area contributed by atoms with Gasteiger partial charge in [-0.25, -0.2) is 4.79 Å². The molecular weight excluding hydrogens is 363 g/mol. The third kappa shape index (κ3) is 8.82. The zero-order valence-corrected chi connectivity index (χ0v) is 14.0. The number of esters is 1. The molecular formula is C16H16BBrO5. The van der Waals surface area contributed by atoms with Crippen LogP contribution in [-0.2, 0) is 9.53 Å². The maximum absolute atomic E-state index is 10.7. The van der Waals surface area contributed by atoms with Gasteiger partial charge >= 0.3 is 13.3 Å². The van der Waals surface area contributed by atoms with E-state index in [4.69, 9.17) is 10.0 Å². The molecule has 0 saturated heterocycles. The minimum absolute atomic E-state index is 0.347. The van der Waals surface area contributed by atoms with Gasteiger partial charge in [0.1, 0.15) is 5.75 Å². The molecule has 0 fully saturated rings.